The number of amides is 1. The van der Waals surface area contributed by atoms with E-state index < -0.39 is 28.6 Å². The predicted molar refractivity (Wildman–Crippen MR) is 297 cm³/mol. The topological polar surface area (TPSA) is 42.0 Å². The number of fused-ring (bicyclic) bond motifs is 8. The number of rotatable bonds is 14. The summed E-state index contributed by atoms with van der Waals surface area (Å²) < 4.78 is 73.3. The summed E-state index contributed by atoms with van der Waals surface area (Å²) >= 11 is 0. The van der Waals surface area contributed by atoms with Gasteiger partial charge in [0.2, 0.25) is 0 Å². The maximum absolute atomic E-state index is 14.9. The number of alkyl halides is 3. The van der Waals surface area contributed by atoms with Crippen LogP contribution in [-0.4, -0.2) is 48.5 Å². The van der Waals surface area contributed by atoms with Crippen LogP contribution in [-0.2, 0) is 17.2 Å². The first-order valence-electron chi connectivity index (χ1n) is 27.7. The fraction of sp³-hybridized carbons (Fsp3) is 0.358. The minimum Gasteiger partial charge on any atom is -0.494 e. The third-order valence-electron chi connectivity index (χ3n) is 17.1. The molecule has 2 aliphatic heterocycles. The summed E-state index contributed by atoms with van der Waals surface area (Å²) in [4.78, 5) is 18.6. The number of unbranched alkanes of at least 4 members (excludes halogenated alkanes) is 3. The highest BCUT2D eigenvalue weighted by atomic mass is 19.4. The molecule has 1 unspecified atom stereocenters. The second kappa shape index (κ2) is 20.9. The maximum atomic E-state index is 14.9. The van der Waals surface area contributed by atoms with Crippen LogP contribution in [0.1, 0.15) is 147 Å². The molecular weight excluding hydrogens is 957 g/mol. The molecule has 11 rings (SSSR count). The molecule has 1 amide bonds. The average Bonchev–Trinajstić information content (AvgIpc) is 3.72. The quantitative estimate of drug-likeness (QED) is 0.0804. The Kier molecular flexibility index (Phi) is 14.1. The van der Waals surface area contributed by atoms with Crippen molar-refractivity contribution >= 4 is 22.4 Å². The Labute approximate surface area is 445 Å². The SMILES string of the molecule is CCCCC[C@H]1CC[C@H](c2ccc(-c3ccc(C(=O)N4CCN(C5=CC(c6ccc(F)cc6)(c6ccc(OCCCC)cc6)Oc6c5c5c(c7ccc(C(F)(F)F)cc67)-c6ccccc6C5(C)C)CC4)cc3)cc2)CC1. The lowest BCUT2D eigenvalue weighted by Gasteiger charge is -2.45. The number of nitrogens with zero attached hydrogens (tertiary/aromatic N) is 2. The molecule has 0 spiro atoms. The van der Waals surface area contributed by atoms with Gasteiger partial charge in [-0.15, -0.1) is 0 Å². The van der Waals surface area contributed by atoms with Crippen molar-refractivity contribution in [2.75, 3.05) is 32.8 Å². The van der Waals surface area contributed by atoms with Gasteiger partial charge in [0.25, 0.3) is 5.91 Å². The van der Waals surface area contributed by atoms with Gasteiger partial charge >= 0.3 is 6.18 Å². The van der Waals surface area contributed by atoms with E-state index in [1.165, 1.54) is 75.1 Å². The van der Waals surface area contributed by atoms with Crippen molar-refractivity contribution in [2.45, 2.75) is 115 Å². The summed E-state index contributed by atoms with van der Waals surface area (Å²) in [5.74, 6) is 2.01. The number of benzene rings is 7. The molecule has 2 fully saturated rings. The number of halogens is 4. The van der Waals surface area contributed by atoms with E-state index in [1.807, 2.05) is 65.6 Å². The molecule has 2 heterocycles. The first kappa shape index (κ1) is 51.2. The standard InChI is InChI=1S/C67H68F4N2O3/c1-5-7-9-12-44-15-17-45(18-16-44)46-19-21-47(22-20-46)48-23-25-49(26-24-48)64(74)73-39-37-72(38-40-73)59-43-66(50-27-32-53(68)33-28-50,51-29-34-54(35-30-51)75-41-8-6-2)76-63-57-42-52(67(69,70)71)31-36-55(57)60-56-13-10-11-14-58(56)65(3,4)62(60)61(59)63/h10-11,13-14,19-36,42-45H,5-9,12,15-18,37-41H2,1-4H3/t44-,45-,66?. The molecule has 2 aliphatic carbocycles. The van der Waals surface area contributed by atoms with Crippen LogP contribution in [0.4, 0.5) is 17.6 Å². The van der Waals surface area contributed by atoms with Crippen LogP contribution in [0.15, 0.2) is 146 Å². The summed E-state index contributed by atoms with van der Waals surface area (Å²) in [6, 6.07) is 42.9. The molecule has 1 atom stereocenters. The van der Waals surface area contributed by atoms with E-state index in [1.54, 1.807) is 18.2 Å². The fourth-order valence-electron chi connectivity index (χ4n) is 12.8. The van der Waals surface area contributed by atoms with Crippen LogP contribution in [0, 0.1) is 11.7 Å². The predicted octanol–water partition coefficient (Wildman–Crippen LogP) is 17.1. The number of hydrogen-bond acceptors (Lipinski definition) is 4. The van der Waals surface area contributed by atoms with Crippen LogP contribution < -0.4 is 9.47 Å². The minimum atomic E-state index is -4.63. The highest BCUT2D eigenvalue weighted by molar-refractivity contribution is 6.09. The Morgan fingerprint density at radius 1 is 0.697 bits per heavy atom. The smallest absolute Gasteiger partial charge is 0.416 e. The zero-order chi connectivity index (χ0) is 52.8. The molecule has 1 saturated heterocycles. The van der Waals surface area contributed by atoms with E-state index in [9.17, 15) is 22.4 Å². The lowest BCUT2D eigenvalue weighted by molar-refractivity contribution is -0.137. The molecule has 0 bridgehead atoms. The van der Waals surface area contributed by atoms with Gasteiger partial charge in [0.05, 0.1) is 12.2 Å². The van der Waals surface area contributed by atoms with Crippen molar-refractivity contribution in [2.24, 2.45) is 5.92 Å². The monoisotopic (exact) mass is 1020 g/mol. The largest absolute Gasteiger partial charge is 0.494 e. The van der Waals surface area contributed by atoms with Gasteiger partial charge in [0, 0.05) is 64.9 Å². The van der Waals surface area contributed by atoms with Crippen LogP contribution >= 0.6 is 0 Å². The molecule has 1 saturated carbocycles. The highest BCUT2D eigenvalue weighted by Crippen LogP contribution is 2.60. The average molecular weight is 1030 g/mol. The molecule has 7 aromatic carbocycles. The van der Waals surface area contributed by atoms with Crippen LogP contribution in [0.25, 0.3) is 38.7 Å². The van der Waals surface area contributed by atoms with Crippen molar-refractivity contribution in [1.82, 2.24) is 9.80 Å². The fourth-order valence-corrected chi connectivity index (χ4v) is 12.8. The Morgan fingerprint density at radius 3 is 2.00 bits per heavy atom. The lowest BCUT2D eigenvalue weighted by Crippen LogP contribution is -2.49. The Bertz CT molecular complexity index is 3260. The zero-order valence-corrected chi connectivity index (χ0v) is 44.2. The van der Waals surface area contributed by atoms with Crippen LogP contribution in [0.3, 0.4) is 0 Å². The van der Waals surface area contributed by atoms with Gasteiger partial charge in [-0.25, -0.2) is 4.39 Å². The van der Waals surface area contributed by atoms with E-state index in [0.29, 0.717) is 83.2 Å². The summed E-state index contributed by atoms with van der Waals surface area (Å²) in [5, 5.41) is 0.981. The molecule has 5 nitrogen and oxygen atoms in total. The van der Waals surface area contributed by atoms with Gasteiger partial charge < -0.3 is 19.3 Å². The van der Waals surface area contributed by atoms with Crippen molar-refractivity contribution in [3.05, 3.63) is 196 Å². The number of hydrogen-bond donors (Lipinski definition) is 0. The number of piperazine rings is 1. The van der Waals surface area contributed by atoms with Crippen molar-refractivity contribution in [1.29, 1.82) is 0 Å². The zero-order valence-electron chi connectivity index (χ0n) is 44.2. The molecule has 0 radical (unpaired) electrons. The molecule has 9 heteroatoms. The molecule has 0 aromatic heterocycles. The molecule has 4 aliphatic rings. The van der Waals surface area contributed by atoms with Gasteiger partial charge in [-0.2, -0.15) is 13.2 Å². The molecule has 0 N–H and O–H groups in total. The lowest BCUT2D eigenvalue weighted by atomic mass is 9.75. The molecule has 7 aromatic rings. The first-order chi connectivity index (χ1) is 36.8. The van der Waals surface area contributed by atoms with Crippen molar-refractivity contribution in [3.63, 3.8) is 0 Å². The third kappa shape index (κ3) is 9.57. The van der Waals surface area contributed by atoms with Crippen molar-refractivity contribution < 1.29 is 31.8 Å². The Hall–Kier alpha value is -6.87. The Morgan fingerprint density at radius 2 is 1.34 bits per heavy atom. The second-order valence-electron chi connectivity index (χ2n) is 22.2. The van der Waals surface area contributed by atoms with E-state index in [-0.39, 0.29) is 5.91 Å². The van der Waals surface area contributed by atoms with Gasteiger partial charge in [-0.1, -0.05) is 151 Å². The van der Waals surface area contributed by atoms with E-state index in [4.69, 9.17) is 9.47 Å². The summed E-state index contributed by atoms with van der Waals surface area (Å²) in [5.41, 5.74) is 8.07. The minimum absolute atomic E-state index is 0.0572. The third-order valence-corrected chi connectivity index (χ3v) is 17.1. The van der Waals surface area contributed by atoms with Crippen LogP contribution in [0.5, 0.6) is 11.5 Å². The first-order valence-corrected chi connectivity index (χ1v) is 27.7. The number of carbonyl (C=O) groups excluding carboxylic acids is 1. The van der Waals surface area contributed by atoms with E-state index >= 15 is 0 Å². The number of carbonyl (C=O) groups is 1. The number of ether oxygens (including phenoxy) is 2. The maximum Gasteiger partial charge on any atom is 0.416 e. The molecular formula is C67H68F4N2O3. The van der Waals surface area contributed by atoms with Gasteiger partial charge in [-0.05, 0) is 143 Å². The van der Waals surface area contributed by atoms with Gasteiger partial charge in [0.1, 0.15) is 17.3 Å². The van der Waals surface area contributed by atoms with E-state index in [2.05, 4.69) is 75.1 Å². The van der Waals surface area contributed by atoms with Gasteiger partial charge in [0.15, 0.2) is 5.60 Å². The highest BCUT2D eigenvalue weighted by Gasteiger charge is 2.48. The summed E-state index contributed by atoms with van der Waals surface area (Å²) in [6.45, 7) is 11.0. The molecule has 392 valence electrons. The second-order valence-corrected chi connectivity index (χ2v) is 22.2. The Balaban J connectivity index is 0.942. The van der Waals surface area contributed by atoms with Crippen LogP contribution in [0.2, 0.25) is 0 Å². The molecule has 76 heavy (non-hydrogen) atoms. The van der Waals surface area contributed by atoms with Gasteiger partial charge in [-0.3, -0.25) is 4.79 Å². The van der Waals surface area contributed by atoms with Crippen molar-refractivity contribution in [3.8, 4) is 33.8 Å². The van der Waals surface area contributed by atoms with E-state index in [0.717, 1.165) is 63.9 Å². The normalized spacial score (nSPS) is 19.9. The summed E-state index contributed by atoms with van der Waals surface area (Å²) in [6.07, 6.45) is 9.85. The summed E-state index contributed by atoms with van der Waals surface area (Å²) in [7, 11) is 0.